The van der Waals surface area contributed by atoms with E-state index in [-0.39, 0.29) is 18.3 Å². The molecule has 1 rings (SSSR count). The van der Waals surface area contributed by atoms with E-state index in [1.807, 2.05) is 6.92 Å². The fourth-order valence-corrected chi connectivity index (χ4v) is 2.88. The Balaban J connectivity index is 2.81. The first-order valence-corrected chi connectivity index (χ1v) is 6.80. The quantitative estimate of drug-likeness (QED) is 0.707. The maximum Gasteiger partial charge on any atom is 0.406 e. The van der Waals surface area contributed by atoms with Crippen LogP contribution in [0.2, 0.25) is 0 Å². The van der Waals surface area contributed by atoms with Crippen LogP contribution < -0.4 is 0 Å². The van der Waals surface area contributed by atoms with Crippen LogP contribution in [0.1, 0.15) is 39.0 Å². The molecule has 2 nitrogen and oxygen atoms in total. The third-order valence-electron chi connectivity index (χ3n) is 3.70. The fraction of sp³-hybridized carbons (Fsp3) is 0.917. The summed E-state index contributed by atoms with van der Waals surface area (Å²) in [5.41, 5.74) is -0.586. The average molecular weight is 286 g/mol. The van der Waals surface area contributed by atoms with Gasteiger partial charge in [0.15, 0.2) is 0 Å². The summed E-state index contributed by atoms with van der Waals surface area (Å²) < 4.78 is 37.4. The van der Waals surface area contributed by atoms with Gasteiger partial charge in [0.25, 0.3) is 0 Å². The van der Waals surface area contributed by atoms with Gasteiger partial charge in [0.1, 0.15) is 6.54 Å². The Morgan fingerprint density at radius 3 is 2.28 bits per heavy atom. The van der Waals surface area contributed by atoms with Gasteiger partial charge in [0.2, 0.25) is 5.91 Å². The standard InChI is InChI=1S/C12H19ClF3NO/c1-2-11(5-3-4-6-11)10(18)17(8-7-13)9-12(14,15)16/h2-9H2,1H3. The normalized spacial score (nSPS) is 18.9. The summed E-state index contributed by atoms with van der Waals surface area (Å²) in [6, 6.07) is 0. The molecule has 0 aromatic rings. The van der Waals surface area contributed by atoms with Crippen LogP contribution in [0.3, 0.4) is 0 Å². The van der Waals surface area contributed by atoms with E-state index in [1.165, 1.54) is 0 Å². The molecule has 0 spiro atoms. The monoisotopic (exact) mass is 285 g/mol. The van der Waals surface area contributed by atoms with E-state index in [4.69, 9.17) is 11.6 Å². The van der Waals surface area contributed by atoms with E-state index < -0.39 is 18.1 Å². The highest BCUT2D eigenvalue weighted by Gasteiger charge is 2.44. The zero-order valence-electron chi connectivity index (χ0n) is 10.5. The zero-order chi connectivity index (χ0) is 13.8. The molecule has 0 saturated heterocycles. The lowest BCUT2D eigenvalue weighted by Crippen LogP contribution is -2.47. The van der Waals surface area contributed by atoms with Crippen molar-refractivity contribution in [2.45, 2.75) is 45.2 Å². The topological polar surface area (TPSA) is 20.3 Å². The van der Waals surface area contributed by atoms with Crippen molar-refractivity contribution < 1.29 is 18.0 Å². The Morgan fingerprint density at radius 2 is 1.89 bits per heavy atom. The molecule has 106 valence electrons. The van der Waals surface area contributed by atoms with Crippen LogP contribution in [0.5, 0.6) is 0 Å². The van der Waals surface area contributed by atoms with Crippen molar-refractivity contribution >= 4 is 17.5 Å². The van der Waals surface area contributed by atoms with Crippen molar-refractivity contribution in [1.29, 1.82) is 0 Å². The first kappa shape index (κ1) is 15.6. The molecule has 1 saturated carbocycles. The molecule has 0 unspecified atom stereocenters. The second kappa shape index (κ2) is 6.13. The molecule has 0 radical (unpaired) electrons. The maximum absolute atomic E-state index is 12.5. The Bertz CT molecular complexity index is 288. The Hall–Kier alpha value is -0.450. The fourth-order valence-electron chi connectivity index (χ4n) is 2.68. The predicted molar refractivity (Wildman–Crippen MR) is 64.5 cm³/mol. The van der Waals surface area contributed by atoms with Crippen molar-refractivity contribution in [1.82, 2.24) is 4.90 Å². The van der Waals surface area contributed by atoms with Crippen LogP contribution >= 0.6 is 11.6 Å². The van der Waals surface area contributed by atoms with Crippen LogP contribution in [-0.2, 0) is 4.79 Å². The van der Waals surface area contributed by atoms with Crippen molar-refractivity contribution in [3.63, 3.8) is 0 Å². The van der Waals surface area contributed by atoms with Gasteiger partial charge in [0, 0.05) is 17.8 Å². The molecule has 0 aromatic heterocycles. The number of rotatable bonds is 5. The zero-order valence-corrected chi connectivity index (χ0v) is 11.3. The molecular weight excluding hydrogens is 267 g/mol. The molecule has 18 heavy (non-hydrogen) atoms. The van der Waals surface area contributed by atoms with Crippen LogP contribution in [0, 0.1) is 5.41 Å². The number of carbonyl (C=O) groups is 1. The lowest BCUT2D eigenvalue weighted by atomic mass is 9.82. The summed E-state index contributed by atoms with van der Waals surface area (Å²) in [7, 11) is 0. The van der Waals surface area contributed by atoms with Crippen molar-refractivity contribution in [3.8, 4) is 0 Å². The molecule has 0 bridgehead atoms. The molecule has 6 heteroatoms. The molecule has 0 aromatic carbocycles. The third kappa shape index (κ3) is 3.77. The second-order valence-electron chi connectivity index (χ2n) is 4.87. The predicted octanol–water partition coefficient (Wildman–Crippen LogP) is 3.59. The summed E-state index contributed by atoms with van der Waals surface area (Å²) in [5, 5.41) is 0. The highest BCUT2D eigenvalue weighted by Crippen LogP contribution is 2.42. The summed E-state index contributed by atoms with van der Waals surface area (Å²) in [6.07, 6.45) is -0.545. The van der Waals surface area contributed by atoms with Gasteiger partial charge in [-0.2, -0.15) is 13.2 Å². The number of hydrogen-bond acceptors (Lipinski definition) is 1. The number of nitrogens with zero attached hydrogens (tertiary/aromatic N) is 1. The van der Waals surface area contributed by atoms with Crippen LogP contribution in [0.25, 0.3) is 0 Å². The van der Waals surface area contributed by atoms with Gasteiger partial charge in [-0.25, -0.2) is 0 Å². The van der Waals surface area contributed by atoms with E-state index in [0.717, 1.165) is 17.7 Å². The van der Waals surface area contributed by atoms with E-state index in [9.17, 15) is 18.0 Å². The third-order valence-corrected chi connectivity index (χ3v) is 3.87. The number of halogens is 4. The minimum absolute atomic E-state index is 0.0294. The van der Waals surface area contributed by atoms with Gasteiger partial charge in [-0.1, -0.05) is 19.8 Å². The van der Waals surface area contributed by atoms with E-state index >= 15 is 0 Å². The molecule has 1 aliphatic carbocycles. The molecule has 1 amide bonds. The van der Waals surface area contributed by atoms with Crippen LogP contribution in [-0.4, -0.2) is 36.0 Å². The number of amides is 1. The number of hydrogen-bond donors (Lipinski definition) is 0. The van der Waals surface area contributed by atoms with Crippen molar-refractivity contribution in [2.75, 3.05) is 19.0 Å². The SMILES string of the molecule is CCC1(C(=O)N(CCCl)CC(F)(F)F)CCCC1. The van der Waals surface area contributed by atoms with Crippen molar-refractivity contribution in [2.24, 2.45) is 5.41 Å². The highest BCUT2D eigenvalue weighted by atomic mass is 35.5. The second-order valence-corrected chi connectivity index (χ2v) is 5.25. The Morgan fingerprint density at radius 1 is 1.33 bits per heavy atom. The average Bonchev–Trinajstić information content (AvgIpc) is 2.75. The smallest absolute Gasteiger partial charge is 0.332 e. The molecule has 1 fully saturated rings. The lowest BCUT2D eigenvalue weighted by Gasteiger charge is -2.33. The van der Waals surface area contributed by atoms with Gasteiger partial charge in [0.05, 0.1) is 0 Å². The highest BCUT2D eigenvalue weighted by molar-refractivity contribution is 6.18. The van der Waals surface area contributed by atoms with Gasteiger partial charge >= 0.3 is 6.18 Å². The molecule has 0 heterocycles. The minimum Gasteiger partial charge on any atom is -0.332 e. The van der Waals surface area contributed by atoms with Gasteiger partial charge in [-0.15, -0.1) is 11.6 Å². The van der Waals surface area contributed by atoms with Gasteiger partial charge < -0.3 is 4.90 Å². The molecule has 1 aliphatic rings. The Labute approximate surface area is 110 Å². The van der Waals surface area contributed by atoms with Crippen LogP contribution in [0.4, 0.5) is 13.2 Å². The summed E-state index contributed by atoms with van der Waals surface area (Å²) >= 11 is 5.50. The van der Waals surface area contributed by atoms with Gasteiger partial charge in [-0.05, 0) is 19.3 Å². The summed E-state index contributed by atoms with van der Waals surface area (Å²) in [6.45, 7) is 0.637. The number of carbonyl (C=O) groups excluding carboxylic acids is 1. The molecule has 0 aliphatic heterocycles. The van der Waals surface area contributed by atoms with Crippen LogP contribution in [0.15, 0.2) is 0 Å². The number of alkyl halides is 4. The summed E-state index contributed by atoms with van der Waals surface area (Å²) in [4.78, 5) is 13.2. The van der Waals surface area contributed by atoms with Gasteiger partial charge in [-0.3, -0.25) is 4.79 Å². The maximum atomic E-state index is 12.5. The molecule has 0 atom stereocenters. The molecular formula is C12H19ClF3NO. The van der Waals surface area contributed by atoms with Crippen molar-refractivity contribution in [3.05, 3.63) is 0 Å². The Kier molecular flexibility index (Phi) is 5.32. The van der Waals surface area contributed by atoms with E-state index in [0.29, 0.717) is 19.3 Å². The summed E-state index contributed by atoms with van der Waals surface area (Å²) in [5.74, 6) is -0.345. The van der Waals surface area contributed by atoms with E-state index in [2.05, 4.69) is 0 Å². The first-order chi connectivity index (χ1) is 8.34. The van der Waals surface area contributed by atoms with E-state index in [1.54, 1.807) is 0 Å². The lowest BCUT2D eigenvalue weighted by molar-refractivity contribution is -0.167. The largest absolute Gasteiger partial charge is 0.406 e. The first-order valence-electron chi connectivity index (χ1n) is 6.27. The molecule has 0 N–H and O–H groups in total. The minimum atomic E-state index is -4.37.